The van der Waals surface area contributed by atoms with E-state index >= 15 is 0 Å². The molecule has 1 atom stereocenters. The second-order valence-corrected chi connectivity index (χ2v) is 6.06. The summed E-state index contributed by atoms with van der Waals surface area (Å²) in [6.07, 6.45) is 1.07. The monoisotopic (exact) mass is 282 g/mol. The zero-order valence-corrected chi connectivity index (χ0v) is 12.3. The Labute approximate surface area is 123 Å². The molecule has 0 spiro atoms. The molecule has 102 valence electrons. The van der Waals surface area contributed by atoms with Gasteiger partial charge in [-0.15, -0.1) is 11.3 Å². The van der Waals surface area contributed by atoms with Crippen LogP contribution in [-0.2, 0) is 6.42 Å². The summed E-state index contributed by atoms with van der Waals surface area (Å²) in [5.41, 5.74) is 4.15. The molecule has 2 nitrogen and oxygen atoms in total. The van der Waals surface area contributed by atoms with Gasteiger partial charge in [0.05, 0.1) is 6.04 Å². The minimum absolute atomic E-state index is 0.0601. The van der Waals surface area contributed by atoms with Crippen molar-refractivity contribution in [3.05, 3.63) is 69.9 Å². The molecule has 1 heterocycles. The zero-order chi connectivity index (χ0) is 13.9. The summed E-state index contributed by atoms with van der Waals surface area (Å²) in [5.74, 6) is 5.79. The Balaban J connectivity index is 2.02. The van der Waals surface area contributed by atoms with Gasteiger partial charge in [0.1, 0.15) is 0 Å². The highest BCUT2D eigenvalue weighted by molar-refractivity contribution is 7.12. The average molecular weight is 282 g/mol. The lowest BCUT2D eigenvalue weighted by Crippen LogP contribution is -2.28. The highest BCUT2D eigenvalue weighted by Gasteiger charge is 2.14. The third-order valence-corrected chi connectivity index (χ3v) is 4.88. The van der Waals surface area contributed by atoms with Crippen LogP contribution in [0.25, 0.3) is 10.8 Å². The fraction of sp³-hybridized carbons (Fsp3) is 0.176. The smallest absolute Gasteiger partial charge is 0.0802 e. The van der Waals surface area contributed by atoms with Gasteiger partial charge >= 0.3 is 0 Å². The molecule has 0 bridgehead atoms. The van der Waals surface area contributed by atoms with Crippen LogP contribution in [0.3, 0.4) is 0 Å². The van der Waals surface area contributed by atoms with Crippen molar-refractivity contribution < 1.29 is 0 Å². The molecule has 1 unspecified atom stereocenters. The van der Waals surface area contributed by atoms with Gasteiger partial charge in [-0.2, -0.15) is 0 Å². The summed E-state index contributed by atoms with van der Waals surface area (Å²) in [5, 5.41) is 2.50. The summed E-state index contributed by atoms with van der Waals surface area (Å²) in [6.45, 7) is 2.18. The number of nitrogens with one attached hydrogen (secondary N) is 1. The van der Waals surface area contributed by atoms with Gasteiger partial charge < -0.3 is 0 Å². The van der Waals surface area contributed by atoms with Crippen LogP contribution in [0.15, 0.2) is 54.6 Å². The molecule has 0 radical (unpaired) electrons. The molecule has 0 aliphatic carbocycles. The topological polar surface area (TPSA) is 38.0 Å². The number of rotatable bonds is 4. The van der Waals surface area contributed by atoms with Crippen LogP contribution < -0.4 is 11.3 Å². The van der Waals surface area contributed by atoms with Gasteiger partial charge in [-0.3, -0.25) is 5.84 Å². The Morgan fingerprint density at radius 2 is 1.85 bits per heavy atom. The standard InChI is InChI=1S/C17H18N2S/c1-2-15-9-10-16(20-15)17(19-18)14-8-7-12-5-3-4-6-13(12)11-14/h3-11,17,19H,2,18H2,1H3. The second kappa shape index (κ2) is 5.75. The first-order valence-electron chi connectivity index (χ1n) is 6.85. The van der Waals surface area contributed by atoms with Gasteiger partial charge in [-0.1, -0.05) is 43.3 Å². The van der Waals surface area contributed by atoms with Gasteiger partial charge in [-0.25, -0.2) is 5.43 Å². The summed E-state index contributed by atoms with van der Waals surface area (Å²) in [6, 6.07) is 19.3. The second-order valence-electron chi connectivity index (χ2n) is 4.86. The van der Waals surface area contributed by atoms with Crippen molar-refractivity contribution in [2.24, 2.45) is 5.84 Å². The SMILES string of the molecule is CCc1ccc(C(NN)c2ccc3ccccc3c2)s1. The Morgan fingerprint density at radius 3 is 2.55 bits per heavy atom. The summed E-state index contributed by atoms with van der Waals surface area (Å²) >= 11 is 1.82. The molecule has 3 aromatic rings. The normalized spacial score (nSPS) is 12.7. The summed E-state index contributed by atoms with van der Waals surface area (Å²) in [7, 11) is 0. The van der Waals surface area contributed by atoms with Crippen molar-refractivity contribution in [2.75, 3.05) is 0 Å². The van der Waals surface area contributed by atoms with Gasteiger partial charge in [0.2, 0.25) is 0 Å². The van der Waals surface area contributed by atoms with Gasteiger partial charge in [0, 0.05) is 9.75 Å². The van der Waals surface area contributed by atoms with Crippen molar-refractivity contribution in [3.8, 4) is 0 Å². The number of nitrogens with two attached hydrogens (primary N) is 1. The van der Waals surface area contributed by atoms with E-state index in [1.54, 1.807) is 0 Å². The van der Waals surface area contributed by atoms with Gasteiger partial charge in [-0.05, 0) is 41.0 Å². The third kappa shape index (κ3) is 2.48. The number of hydrazine groups is 1. The molecule has 3 heteroatoms. The number of aryl methyl sites for hydroxylation is 1. The number of fused-ring (bicyclic) bond motifs is 1. The Hall–Kier alpha value is -1.68. The molecule has 1 aromatic heterocycles. The highest BCUT2D eigenvalue weighted by Crippen LogP contribution is 2.30. The predicted octanol–water partition coefficient (Wildman–Crippen LogP) is 4.02. The Kier molecular flexibility index (Phi) is 3.83. The number of thiophene rings is 1. The lowest BCUT2D eigenvalue weighted by Gasteiger charge is -2.15. The van der Waals surface area contributed by atoms with Crippen LogP contribution in [0.5, 0.6) is 0 Å². The van der Waals surface area contributed by atoms with Gasteiger partial charge in [0.15, 0.2) is 0 Å². The maximum atomic E-state index is 5.79. The molecular formula is C17H18N2S. The molecule has 0 aliphatic heterocycles. The molecule has 0 aliphatic rings. The minimum atomic E-state index is 0.0601. The quantitative estimate of drug-likeness (QED) is 0.560. The van der Waals surface area contributed by atoms with E-state index in [-0.39, 0.29) is 6.04 Å². The van der Waals surface area contributed by atoms with E-state index in [1.165, 1.54) is 26.1 Å². The van der Waals surface area contributed by atoms with Crippen LogP contribution in [0.4, 0.5) is 0 Å². The molecule has 0 fully saturated rings. The lowest BCUT2D eigenvalue weighted by molar-refractivity contribution is 0.647. The van der Waals surface area contributed by atoms with Crippen molar-refractivity contribution >= 4 is 22.1 Å². The molecule has 0 saturated carbocycles. The molecule has 0 saturated heterocycles. The Bertz CT molecular complexity index is 718. The molecule has 3 rings (SSSR count). The van der Waals surface area contributed by atoms with E-state index in [0.29, 0.717) is 0 Å². The number of hydrogen-bond acceptors (Lipinski definition) is 3. The highest BCUT2D eigenvalue weighted by atomic mass is 32.1. The van der Waals surface area contributed by atoms with E-state index in [9.17, 15) is 0 Å². The van der Waals surface area contributed by atoms with Crippen molar-refractivity contribution in [1.29, 1.82) is 0 Å². The van der Waals surface area contributed by atoms with E-state index in [2.05, 4.69) is 66.9 Å². The van der Waals surface area contributed by atoms with Crippen molar-refractivity contribution in [2.45, 2.75) is 19.4 Å². The molecule has 3 N–H and O–H groups in total. The number of hydrogen-bond donors (Lipinski definition) is 2. The van der Waals surface area contributed by atoms with Crippen LogP contribution in [-0.4, -0.2) is 0 Å². The van der Waals surface area contributed by atoms with Crippen LogP contribution >= 0.6 is 11.3 Å². The molecular weight excluding hydrogens is 264 g/mol. The first-order chi connectivity index (χ1) is 9.81. The molecule has 2 aromatic carbocycles. The maximum absolute atomic E-state index is 5.79. The maximum Gasteiger partial charge on any atom is 0.0802 e. The first-order valence-corrected chi connectivity index (χ1v) is 7.67. The fourth-order valence-electron chi connectivity index (χ4n) is 2.47. The Morgan fingerprint density at radius 1 is 1.05 bits per heavy atom. The lowest BCUT2D eigenvalue weighted by atomic mass is 10.0. The summed E-state index contributed by atoms with van der Waals surface area (Å²) in [4.78, 5) is 2.65. The van der Waals surface area contributed by atoms with E-state index in [4.69, 9.17) is 5.84 Å². The average Bonchev–Trinajstić information content (AvgIpc) is 2.97. The molecule has 20 heavy (non-hydrogen) atoms. The van der Waals surface area contributed by atoms with E-state index < -0.39 is 0 Å². The third-order valence-electron chi connectivity index (χ3n) is 3.59. The largest absolute Gasteiger partial charge is 0.271 e. The van der Waals surface area contributed by atoms with E-state index in [0.717, 1.165) is 6.42 Å². The summed E-state index contributed by atoms with van der Waals surface area (Å²) < 4.78 is 0. The van der Waals surface area contributed by atoms with Crippen LogP contribution in [0.2, 0.25) is 0 Å². The first kappa shape index (κ1) is 13.3. The predicted molar refractivity (Wildman–Crippen MR) is 86.8 cm³/mol. The van der Waals surface area contributed by atoms with Crippen molar-refractivity contribution in [1.82, 2.24) is 5.43 Å². The fourth-order valence-corrected chi connectivity index (χ4v) is 3.51. The van der Waals surface area contributed by atoms with Gasteiger partial charge in [0.25, 0.3) is 0 Å². The number of benzene rings is 2. The van der Waals surface area contributed by atoms with E-state index in [1.807, 2.05) is 11.3 Å². The van der Waals surface area contributed by atoms with Crippen molar-refractivity contribution in [3.63, 3.8) is 0 Å². The minimum Gasteiger partial charge on any atom is -0.271 e. The van der Waals surface area contributed by atoms with Crippen LogP contribution in [0, 0.1) is 0 Å². The molecule has 0 amide bonds. The zero-order valence-electron chi connectivity index (χ0n) is 11.5. The van der Waals surface area contributed by atoms with Crippen LogP contribution in [0.1, 0.15) is 28.3 Å².